The molecule has 2 fully saturated rings. The van der Waals surface area contributed by atoms with Crippen molar-refractivity contribution < 1.29 is 9.90 Å². The molecule has 1 saturated carbocycles. The Morgan fingerprint density at radius 2 is 2.00 bits per heavy atom. The number of carbonyl (C=O) groups is 1. The van der Waals surface area contributed by atoms with Crippen molar-refractivity contribution in [2.24, 2.45) is 5.92 Å². The second kappa shape index (κ2) is 7.56. The minimum atomic E-state index is 0.0605. The number of urea groups is 1. The van der Waals surface area contributed by atoms with E-state index in [1.54, 1.807) is 0 Å². The number of rotatable bonds is 4. The fourth-order valence-corrected chi connectivity index (χ4v) is 4.27. The summed E-state index contributed by atoms with van der Waals surface area (Å²) in [6.07, 6.45) is 6.62. The predicted octanol–water partition coefficient (Wildman–Crippen LogP) is 3.22. The lowest BCUT2D eigenvalue weighted by molar-refractivity contribution is 0.136. The van der Waals surface area contributed by atoms with Crippen LogP contribution in [0.3, 0.4) is 0 Å². The van der Waals surface area contributed by atoms with Crippen LogP contribution in [0.1, 0.15) is 49.7 Å². The maximum atomic E-state index is 12.5. The highest BCUT2D eigenvalue weighted by molar-refractivity contribution is 5.74. The van der Waals surface area contributed by atoms with Gasteiger partial charge in [0.1, 0.15) is 0 Å². The molecule has 1 aromatic carbocycles. The van der Waals surface area contributed by atoms with Crippen molar-refractivity contribution in [3.63, 3.8) is 0 Å². The van der Waals surface area contributed by atoms with Crippen LogP contribution in [0.25, 0.3) is 0 Å². The van der Waals surface area contributed by atoms with Gasteiger partial charge in [0.05, 0.1) is 0 Å². The summed E-state index contributed by atoms with van der Waals surface area (Å²) in [5.74, 6) is 0.363. The lowest BCUT2D eigenvalue weighted by atomic mass is 9.78. The number of nitrogens with zero attached hydrogens (tertiary/aromatic N) is 1. The van der Waals surface area contributed by atoms with Gasteiger partial charge in [0.15, 0.2) is 0 Å². The summed E-state index contributed by atoms with van der Waals surface area (Å²) in [6.45, 7) is 4.63. The highest BCUT2D eigenvalue weighted by Crippen LogP contribution is 2.40. The van der Waals surface area contributed by atoms with Crippen molar-refractivity contribution in [1.82, 2.24) is 10.2 Å². The first-order valence-electron chi connectivity index (χ1n) is 9.34. The molecule has 2 aliphatic rings. The average molecular weight is 330 g/mol. The van der Waals surface area contributed by atoms with Gasteiger partial charge in [-0.05, 0) is 44.1 Å². The number of piperidine rings is 1. The second-order valence-corrected chi connectivity index (χ2v) is 7.63. The van der Waals surface area contributed by atoms with Gasteiger partial charge in [-0.15, -0.1) is 0 Å². The molecular weight excluding hydrogens is 300 g/mol. The number of hydrogen-bond donors (Lipinski definition) is 2. The molecule has 0 atom stereocenters. The Bertz CT molecular complexity index is 559. The number of carbonyl (C=O) groups excluding carboxylic acids is 1. The third-order valence-electron chi connectivity index (χ3n) is 5.93. The van der Waals surface area contributed by atoms with E-state index in [-0.39, 0.29) is 18.1 Å². The highest BCUT2D eigenvalue weighted by Gasteiger charge is 2.36. The van der Waals surface area contributed by atoms with Crippen LogP contribution in [-0.2, 0) is 5.41 Å². The van der Waals surface area contributed by atoms with Crippen LogP contribution in [0, 0.1) is 12.8 Å². The third kappa shape index (κ3) is 3.75. The van der Waals surface area contributed by atoms with Crippen molar-refractivity contribution in [3.8, 4) is 0 Å². The van der Waals surface area contributed by atoms with Crippen molar-refractivity contribution in [1.29, 1.82) is 0 Å². The molecule has 1 aliphatic carbocycles. The van der Waals surface area contributed by atoms with E-state index in [0.717, 1.165) is 45.3 Å². The van der Waals surface area contributed by atoms with E-state index in [9.17, 15) is 9.90 Å². The van der Waals surface area contributed by atoms with Gasteiger partial charge in [-0.3, -0.25) is 0 Å². The summed E-state index contributed by atoms with van der Waals surface area (Å²) in [6, 6.07) is 8.83. The van der Waals surface area contributed by atoms with Crippen molar-refractivity contribution in [3.05, 3.63) is 35.4 Å². The van der Waals surface area contributed by atoms with Gasteiger partial charge in [-0.1, -0.05) is 42.7 Å². The fourth-order valence-electron chi connectivity index (χ4n) is 4.27. The van der Waals surface area contributed by atoms with Gasteiger partial charge in [-0.2, -0.15) is 0 Å². The quantitative estimate of drug-likeness (QED) is 0.890. The van der Waals surface area contributed by atoms with E-state index in [4.69, 9.17) is 0 Å². The number of benzene rings is 1. The van der Waals surface area contributed by atoms with Crippen molar-refractivity contribution >= 4 is 6.03 Å². The minimum absolute atomic E-state index is 0.0605. The SMILES string of the molecule is Cc1cccc(C2(CNC(=O)N3CCC(CO)CC3)CCCC2)c1. The topological polar surface area (TPSA) is 52.6 Å². The number of aryl methyl sites for hydroxylation is 1. The molecule has 0 bridgehead atoms. The molecule has 132 valence electrons. The first-order valence-corrected chi connectivity index (χ1v) is 9.34. The Morgan fingerprint density at radius 3 is 2.62 bits per heavy atom. The zero-order valence-electron chi connectivity index (χ0n) is 14.8. The molecule has 1 aliphatic heterocycles. The van der Waals surface area contributed by atoms with Crippen LogP contribution < -0.4 is 5.32 Å². The van der Waals surface area contributed by atoms with Gasteiger partial charge < -0.3 is 15.3 Å². The van der Waals surface area contributed by atoms with E-state index in [1.807, 2.05) is 4.90 Å². The molecule has 0 radical (unpaired) electrons. The van der Waals surface area contributed by atoms with Crippen LogP contribution in [0.15, 0.2) is 24.3 Å². The zero-order valence-corrected chi connectivity index (χ0v) is 14.8. The summed E-state index contributed by atoms with van der Waals surface area (Å²) >= 11 is 0. The molecule has 0 spiro atoms. The number of nitrogens with one attached hydrogen (secondary N) is 1. The molecule has 1 saturated heterocycles. The summed E-state index contributed by atoms with van der Waals surface area (Å²) in [7, 11) is 0. The molecule has 1 heterocycles. The maximum absolute atomic E-state index is 12.5. The van der Waals surface area contributed by atoms with Crippen molar-refractivity contribution in [2.75, 3.05) is 26.2 Å². The Morgan fingerprint density at radius 1 is 1.29 bits per heavy atom. The summed E-state index contributed by atoms with van der Waals surface area (Å²) < 4.78 is 0. The molecule has 4 heteroatoms. The maximum Gasteiger partial charge on any atom is 0.317 e. The van der Waals surface area contributed by atoms with Gasteiger partial charge in [0.2, 0.25) is 0 Å². The standard InChI is InChI=1S/C20H30N2O2/c1-16-5-4-6-18(13-16)20(9-2-3-10-20)15-21-19(24)22-11-7-17(14-23)8-12-22/h4-6,13,17,23H,2-3,7-12,14-15H2,1H3,(H,21,24). The van der Waals surface area contributed by atoms with E-state index >= 15 is 0 Å². The Labute approximate surface area is 145 Å². The van der Waals surface area contributed by atoms with Crippen LogP contribution in [0.5, 0.6) is 0 Å². The van der Waals surface area contributed by atoms with E-state index in [2.05, 4.69) is 36.5 Å². The predicted molar refractivity (Wildman–Crippen MR) is 96.1 cm³/mol. The Balaban J connectivity index is 1.62. The highest BCUT2D eigenvalue weighted by atomic mass is 16.3. The normalized spacial score (nSPS) is 21.0. The molecule has 24 heavy (non-hydrogen) atoms. The Kier molecular flexibility index (Phi) is 5.44. The molecule has 0 aromatic heterocycles. The van der Waals surface area contributed by atoms with Crippen LogP contribution >= 0.6 is 0 Å². The van der Waals surface area contributed by atoms with Gasteiger partial charge in [0.25, 0.3) is 0 Å². The van der Waals surface area contributed by atoms with E-state index in [0.29, 0.717) is 5.92 Å². The monoisotopic (exact) mass is 330 g/mol. The number of amides is 2. The average Bonchev–Trinajstić information content (AvgIpc) is 3.10. The van der Waals surface area contributed by atoms with E-state index in [1.165, 1.54) is 24.0 Å². The first kappa shape index (κ1) is 17.3. The summed E-state index contributed by atoms with van der Waals surface area (Å²) in [5, 5.41) is 12.4. The third-order valence-corrected chi connectivity index (χ3v) is 5.93. The fraction of sp³-hybridized carbons (Fsp3) is 0.650. The van der Waals surface area contributed by atoms with E-state index < -0.39 is 0 Å². The molecule has 3 rings (SSSR count). The van der Waals surface area contributed by atoms with Crippen LogP contribution in [0.2, 0.25) is 0 Å². The largest absolute Gasteiger partial charge is 0.396 e. The zero-order chi connectivity index (χ0) is 17.0. The first-order chi connectivity index (χ1) is 11.6. The lowest BCUT2D eigenvalue weighted by Crippen LogP contribution is -2.48. The molecule has 0 unspecified atom stereocenters. The van der Waals surface area contributed by atoms with Gasteiger partial charge in [-0.25, -0.2) is 4.79 Å². The summed E-state index contributed by atoms with van der Waals surface area (Å²) in [5.41, 5.74) is 2.76. The molecule has 1 aromatic rings. The molecular formula is C20H30N2O2. The van der Waals surface area contributed by atoms with Gasteiger partial charge >= 0.3 is 6.03 Å². The minimum Gasteiger partial charge on any atom is -0.396 e. The second-order valence-electron chi connectivity index (χ2n) is 7.63. The van der Waals surface area contributed by atoms with Crippen LogP contribution in [0.4, 0.5) is 4.79 Å². The summed E-state index contributed by atoms with van der Waals surface area (Å²) in [4.78, 5) is 14.5. The number of hydrogen-bond acceptors (Lipinski definition) is 2. The lowest BCUT2D eigenvalue weighted by Gasteiger charge is -2.34. The Hall–Kier alpha value is -1.55. The number of likely N-dealkylation sites (tertiary alicyclic amines) is 1. The number of aliphatic hydroxyl groups excluding tert-OH is 1. The number of aliphatic hydroxyl groups is 1. The van der Waals surface area contributed by atoms with Gasteiger partial charge in [0, 0.05) is 31.7 Å². The molecule has 4 nitrogen and oxygen atoms in total. The van der Waals surface area contributed by atoms with Crippen molar-refractivity contribution in [2.45, 2.75) is 50.9 Å². The molecule has 2 amide bonds. The molecule has 2 N–H and O–H groups in total. The smallest absolute Gasteiger partial charge is 0.317 e. The van der Waals surface area contributed by atoms with Crippen LogP contribution in [-0.4, -0.2) is 42.3 Å².